The van der Waals surface area contributed by atoms with Gasteiger partial charge in [0.2, 0.25) is 5.91 Å². The highest BCUT2D eigenvalue weighted by molar-refractivity contribution is 6.42. The van der Waals surface area contributed by atoms with Crippen LogP contribution in [-0.2, 0) is 11.3 Å². The van der Waals surface area contributed by atoms with Gasteiger partial charge in [0.05, 0.1) is 23.2 Å². The first-order chi connectivity index (χ1) is 10.6. The Balaban J connectivity index is 1.96. The summed E-state index contributed by atoms with van der Waals surface area (Å²) in [6.07, 6.45) is 3.37. The largest absolute Gasteiger partial charge is 0.395 e. The Labute approximate surface area is 141 Å². The number of aliphatic hydroxyl groups excluding tert-OH is 1. The minimum atomic E-state index is 0.0224. The highest BCUT2D eigenvalue weighted by Crippen LogP contribution is 2.23. The van der Waals surface area contributed by atoms with Crippen LogP contribution in [0.1, 0.15) is 24.8 Å². The summed E-state index contributed by atoms with van der Waals surface area (Å²) in [6.45, 7) is 3.06. The molecule has 0 bridgehead atoms. The van der Waals surface area contributed by atoms with E-state index in [0.29, 0.717) is 29.7 Å². The maximum atomic E-state index is 12.4. The summed E-state index contributed by atoms with van der Waals surface area (Å²) in [7, 11) is 0. The molecule has 1 N–H and O–H groups in total. The molecular formula is C16H22Cl2N2O2. The number of amides is 1. The van der Waals surface area contributed by atoms with Crippen molar-refractivity contribution in [2.45, 2.75) is 25.8 Å². The van der Waals surface area contributed by atoms with Crippen LogP contribution in [0, 0.1) is 0 Å². The monoisotopic (exact) mass is 344 g/mol. The first-order valence-electron chi connectivity index (χ1n) is 7.65. The molecule has 4 nitrogen and oxygen atoms in total. The van der Waals surface area contributed by atoms with Gasteiger partial charge in [0, 0.05) is 26.2 Å². The van der Waals surface area contributed by atoms with Gasteiger partial charge in [0.1, 0.15) is 0 Å². The van der Waals surface area contributed by atoms with E-state index in [9.17, 15) is 9.90 Å². The normalized spacial score (nSPS) is 15.4. The fraction of sp³-hybridized carbons (Fsp3) is 0.562. The molecule has 1 saturated heterocycles. The van der Waals surface area contributed by atoms with E-state index < -0.39 is 0 Å². The Kier molecular flexibility index (Phi) is 6.96. The van der Waals surface area contributed by atoms with Crippen molar-refractivity contribution in [1.29, 1.82) is 0 Å². The van der Waals surface area contributed by atoms with E-state index >= 15 is 0 Å². The number of halogens is 2. The smallest absolute Gasteiger partial charge is 0.236 e. The van der Waals surface area contributed by atoms with E-state index in [1.165, 1.54) is 6.42 Å². The fourth-order valence-corrected chi connectivity index (χ4v) is 3.01. The zero-order valence-electron chi connectivity index (χ0n) is 12.6. The maximum absolute atomic E-state index is 12.4. The molecule has 1 fully saturated rings. The minimum Gasteiger partial charge on any atom is -0.395 e. The standard InChI is InChI=1S/C16H22Cl2N2O2/c17-14-5-4-13(10-15(14)18)11-19(8-9-21)12-16(22)20-6-2-1-3-7-20/h4-5,10,21H,1-3,6-9,11-12H2. The van der Waals surface area contributed by atoms with Crippen molar-refractivity contribution >= 4 is 29.1 Å². The van der Waals surface area contributed by atoms with Gasteiger partial charge in [0.25, 0.3) is 0 Å². The van der Waals surface area contributed by atoms with Crippen LogP contribution in [-0.4, -0.2) is 53.6 Å². The number of hydrogen-bond donors (Lipinski definition) is 1. The average molecular weight is 345 g/mol. The molecule has 1 amide bonds. The number of nitrogens with zero attached hydrogens (tertiary/aromatic N) is 2. The van der Waals surface area contributed by atoms with Crippen LogP contribution in [0.4, 0.5) is 0 Å². The van der Waals surface area contributed by atoms with E-state index in [4.69, 9.17) is 23.2 Å². The summed E-state index contributed by atoms with van der Waals surface area (Å²) in [5, 5.41) is 10.2. The molecule has 6 heteroatoms. The van der Waals surface area contributed by atoms with Gasteiger partial charge in [0.15, 0.2) is 0 Å². The lowest BCUT2D eigenvalue weighted by Crippen LogP contribution is -2.43. The van der Waals surface area contributed by atoms with E-state index in [0.717, 1.165) is 31.5 Å². The van der Waals surface area contributed by atoms with E-state index in [1.807, 2.05) is 15.9 Å². The second kappa shape index (κ2) is 8.73. The molecule has 0 aromatic heterocycles. The highest BCUT2D eigenvalue weighted by atomic mass is 35.5. The second-order valence-corrected chi connectivity index (χ2v) is 6.44. The van der Waals surface area contributed by atoms with Gasteiger partial charge < -0.3 is 10.0 Å². The Morgan fingerprint density at radius 2 is 1.91 bits per heavy atom. The lowest BCUT2D eigenvalue weighted by Gasteiger charge is -2.29. The van der Waals surface area contributed by atoms with E-state index in [-0.39, 0.29) is 12.5 Å². The molecule has 0 atom stereocenters. The van der Waals surface area contributed by atoms with Crippen LogP contribution in [0.3, 0.4) is 0 Å². The van der Waals surface area contributed by atoms with Crippen LogP contribution < -0.4 is 0 Å². The first-order valence-corrected chi connectivity index (χ1v) is 8.40. The first kappa shape index (κ1) is 17.5. The third-order valence-electron chi connectivity index (χ3n) is 3.87. The number of aliphatic hydroxyl groups is 1. The van der Waals surface area contributed by atoms with E-state index in [2.05, 4.69) is 0 Å². The third-order valence-corrected chi connectivity index (χ3v) is 4.61. The number of carbonyl (C=O) groups is 1. The fourth-order valence-electron chi connectivity index (χ4n) is 2.69. The minimum absolute atomic E-state index is 0.0224. The number of rotatable bonds is 6. The molecule has 0 saturated carbocycles. The number of likely N-dealkylation sites (tertiary alicyclic amines) is 1. The quantitative estimate of drug-likeness (QED) is 0.862. The Morgan fingerprint density at radius 1 is 1.18 bits per heavy atom. The number of hydrogen-bond acceptors (Lipinski definition) is 3. The van der Waals surface area contributed by atoms with Gasteiger partial charge in [-0.3, -0.25) is 9.69 Å². The Morgan fingerprint density at radius 3 is 2.55 bits per heavy atom. The molecule has 0 radical (unpaired) electrons. The van der Waals surface area contributed by atoms with Crippen molar-refractivity contribution in [2.75, 3.05) is 32.8 Å². The molecule has 0 unspecified atom stereocenters. The van der Waals surface area contributed by atoms with Crippen LogP contribution in [0.2, 0.25) is 10.0 Å². The molecule has 122 valence electrons. The van der Waals surface area contributed by atoms with Crippen LogP contribution in [0.5, 0.6) is 0 Å². The van der Waals surface area contributed by atoms with Crippen molar-refractivity contribution in [2.24, 2.45) is 0 Å². The lowest BCUT2D eigenvalue weighted by molar-refractivity contribution is -0.133. The summed E-state index contributed by atoms with van der Waals surface area (Å²) in [6, 6.07) is 5.45. The zero-order chi connectivity index (χ0) is 15.9. The summed E-state index contributed by atoms with van der Waals surface area (Å²) in [5.41, 5.74) is 0.981. The highest BCUT2D eigenvalue weighted by Gasteiger charge is 2.19. The van der Waals surface area contributed by atoms with Crippen LogP contribution >= 0.6 is 23.2 Å². The topological polar surface area (TPSA) is 43.8 Å². The van der Waals surface area contributed by atoms with Crippen molar-refractivity contribution in [1.82, 2.24) is 9.80 Å². The number of carbonyl (C=O) groups excluding carboxylic acids is 1. The third kappa shape index (κ3) is 5.13. The van der Waals surface area contributed by atoms with Crippen molar-refractivity contribution in [3.05, 3.63) is 33.8 Å². The van der Waals surface area contributed by atoms with Crippen LogP contribution in [0.15, 0.2) is 18.2 Å². The molecule has 0 aliphatic carbocycles. The molecule has 1 aromatic carbocycles. The Hall–Kier alpha value is -0.810. The second-order valence-electron chi connectivity index (χ2n) is 5.62. The molecule has 0 spiro atoms. The molecule has 22 heavy (non-hydrogen) atoms. The van der Waals surface area contributed by atoms with Crippen molar-refractivity contribution < 1.29 is 9.90 Å². The lowest BCUT2D eigenvalue weighted by atomic mass is 10.1. The van der Waals surface area contributed by atoms with Gasteiger partial charge in [-0.15, -0.1) is 0 Å². The number of benzene rings is 1. The van der Waals surface area contributed by atoms with Gasteiger partial charge in [-0.2, -0.15) is 0 Å². The summed E-state index contributed by atoms with van der Waals surface area (Å²) < 4.78 is 0. The molecule has 1 aliphatic rings. The zero-order valence-corrected chi connectivity index (χ0v) is 14.1. The average Bonchev–Trinajstić information content (AvgIpc) is 2.52. The summed E-state index contributed by atoms with van der Waals surface area (Å²) in [4.78, 5) is 16.2. The van der Waals surface area contributed by atoms with Crippen molar-refractivity contribution in [3.63, 3.8) is 0 Å². The predicted molar refractivity (Wildman–Crippen MR) is 89.3 cm³/mol. The molecule has 2 rings (SSSR count). The molecule has 1 aliphatic heterocycles. The SMILES string of the molecule is O=C(CN(CCO)Cc1ccc(Cl)c(Cl)c1)N1CCCCC1. The van der Waals surface area contributed by atoms with Gasteiger partial charge in [-0.25, -0.2) is 0 Å². The van der Waals surface area contributed by atoms with E-state index in [1.54, 1.807) is 12.1 Å². The molecular weight excluding hydrogens is 323 g/mol. The summed E-state index contributed by atoms with van der Waals surface area (Å²) >= 11 is 11.9. The molecule has 1 heterocycles. The summed E-state index contributed by atoms with van der Waals surface area (Å²) in [5.74, 6) is 0.133. The molecule has 1 aromatic rings. The van der Waals surface area contributed by atoms with Gasteiger partial charge >= 0.3 is 0 Å². The van der Waals surface area contributed by atoms with Crippen LogP contribution in [0.25, 0.3) is 0 Å². The van der Waals surface area contributed by atoms with Gasteiger partial charge in [-0.1, -0.05) is 29.3 Å². The number of piperidine rings is 1. The van der Waals surface area contributed by atoms with Gasteiger partial charge in [-0.05, 0) is 37.0 Å². The maximum Gasteiger partial charge on any atom is 0.236 e. The van der Waals surface area contributed by atoms with Crippen molar-refractivity contribution in [3.8, 4) is 0 Å². The predicted octanol–water partition coefficient (Wildman–Crippen LogP) is 2.80. The Bertz CT molecular complexity index is 505.